The van der Waals surface area contributed by atoms with Crippen LogP contribution in [0, 0.1) is 18.2 Å². The smallest absolute Gasteiger partial charge is 0.307 e. The van der Waals surface area contributed by atoms with Crippen molar-refractivity contribution in [2.24, 2.45) is 5.41 Å². The standard InChI is InChI=1S/C24H27FN2O3S/c1-14-18(11-21(28)29)19(15-5-7-24(2,3)8-6-15)10-20-22-16(9-17(25)12-26-22)13-27(23(14)20)31(4)30/h5,9-10,12H,6-8,11,13H2,1-4H3,(H,28,29). The molecule has 0 spiro atoms. The van der Waals surface area contributed by atoms with Crippen LogP contribution >= 0.6 is 0 Å². The monoisotopic (exact) mass is 442 g/mol. The van der Waals surface area contributed by atoms with Gasteiger partial charge in [0.1, 0.15) is 16.8 Å². The molecular weight excluding hydrogens is 415 g/mol. The third-order valence-electron chi connectivity index (χ3n) is 6.38. The molecule has 0 bridgehead atoms. The number of aliphatic carboxylic acids is 1. The highest BCUT2D eigenvalue weighted by atomic mass is 32.2. The number of pyridine rings is 1. The SMILES string of the molecule is Cc1c(CC(=O)O)c(C2=CCC(C)(C)CC2)cc2c1N(S(C)=O)Cc1cc(F)cnc1-2. The fraction of sp³-hybridized carbons (Fsp3) is 0.417. The zero-order valence-electron chi connectivity index (χ0n) is 18.3. The molecule has 7 heteroatoms. The first kappa shape index (κ1) is 21.7. The number of aromatic nitrogens is 1. The molecule has 164 valence electrons. The molecule has 1 aliphatic heterocycles. The summed E-state index contributed by atoms with van der Waals surface area (Å²) in [7, 11) is -1.36. The van der Waals surface area contributed by atoms with E-state index >= 15 is 0 Å². The van der Waals surface area contributed by atoms with Crippen molar-refractivity contribution < 1.29 is 18.5 Å². The number of carboxylic acid groups (broad SMARTS) is 1. The third-order valence-corrected chi connectivity index (χ3v) is 7.32. The van der Waals surface area contributed by atoms with Crippen molar-refractivity contribution in [2.75, 3.05) is 10.6 Å². The van der Waals surface area contributed by atoms with Gasteiger partial charge >= 0.3 is 5.97 Å². The molecule has 0 saturated heterocycles. The first-order chi connectivity index (χ1) is 14.6. The lowest BCUT2D eigenvalue weighted by molar-refractivity contribution is -0.136. The van der Waals surface area contributed by atoms with Crippen molar-refractivity contribution in [3.8, 4) is 11.3 Å². The molecule has 2 heterocycles. The zero-order chi connectivity index (χ0) is 22.5. The molecule has 2 aromatic rings. The number of benzene rings is 1. The Labute approximate surface area is 184 Å². The van der Waals surface area contributed by atoms with Crippen molar-refractivity contribution in [3.05, 3.63) is 52.5 Å². The van der Waals surface area contributed by atoms with Crippen LogP contribution in [0.2, 0.25) is 0 Å². The molecule has 1 aromatic heterocycles. The van der Waals surface area contributed by atoms with E-state index in [0.29, 0.717) is 11.3 Å². The number of carboxylic acids is 1. The van der Waals surface area contributed by atoms with Gasteiger partial charge in [-0.3, -0.25) is 14.1 Å². The van der Waals surface area contributed by atoms with E-state index in [1.807, 2.05) is 13.0 Å². The van der Waals surface area contributed by atoms with E-state index in [9.17, 15) is 18.5 Å². The second kappa shape index (κ2) is 7.86. The average Bonchev–Trinajstić information content (AvgIpc) is 2.68. The average molecular weight is 443 g/mol. The lowest BCUT2D eigenvalue weighted by atomic mass is 9.75. The minimum atomic E-state index is -1.36. The molecular formula is C24H27FN2O3S. The highest BCUT2D eigenvalue weighted by Crippen LogP contribution is 2.47. The molecule has 1 aliphatic carbocycles. The minimum Gasteiger partial charge on any atom is -0.481 e. The van der Waals surface area contributed by atoms with E-state index in [2.05, 4.69) is 24.9 Å². The Kier molecular flexibility index (Phi) is 5.50. The van der Waals surface area contributed by atoms with Gasteiger partial charge in [0.2, 0.25) is 0 Å². The number of rotatable bonds is 4. The summed E-state index contributed by atoms with van der Waals surface area (Å²) in [6.45, 7) is 6.63. The molecule has 5 nitrogen and oxygen atoms in total. The Bertz CT molecular complexity index is 1140. The molecule has 2 aliphatic rings. The molecule has 1 aromatic carbocycles. The van der Waals surface area contributed by atoms with E-state index in [-0.39, 0.29) is 18.4 Å². The molecule has 1 unspecified atom stereocenters. The summed E-state index contributed by atoms with van der Waals surface area (Å²) in [6, 6.07) is 3.42. The molecule has 0 amide bonds. The number of anilines is 1. The maximum atomic E-state index is 13.9. The number of fused-ring (bicyclic) bond motifs is 3. The topological polar surface area (TPSA) is 70.5 Å². The number of hydrogen-bond acceptors (Lipinski definition) is 3. The van der Waals surface area contributed by atoms with Gasteiger partial charge in [0.25, 0.3) is 0 Å². The predicted octanol–water partition coefficient (Wildman–Crippen LogP) is 5.03. The van der Waals surface area contributed by atoms with E-state index in [4.69, 9.17) is 0 Å². The maximum Gasteiger partial charge on any atom is 0.307 e. The molecule has 0 radical (unpaired) electrons. The van der Waals surface area contributed by atoms with Crippen LogP contribution in [0.3, 0.4) is 0 Å². The van der Waals surface area contributed by atoms with Crippen LogP contribution < -0.4 is 4.31 Å². The zero-order valence-corrected chi connectivity index (χ0v) is 19.1. The molecule has 4 rings (SSSR count). The molecule has 0 saturated carbocycles. The Hall–Kier alpha value is -2.54. The van der Waals surface area contributed by atoms with Crippen molar-refractivity contribution >= 4 is 28.2 Å². The van der Waals surface area contributed by atoms with Gasteiger partial charge in [-0.1, -0.05) is 19.9 Å². The molecule has 31 heavy (non-hydrogen) atoms. The van der Waals surface area contributed by atoms with Gasteiger partial charge < -0.3 is 5.11 Å². The Morgan fingerprint density at radius 2 is 2.06 bits per heavy atom. The molecule has 0 fully saturated rings. The number of carbonyl (C=O) groups is 1. The van der Waals surface area contributed by atoms with Gasteiger partial charge in [-0.15, -0.1) is 0 Å². The summed E-state index contributed by atoms with van der Waals surface area (Å²) >= 11 is 0. The lowest BCUT2D eigenvalue weighted by Gasteiger charge is -2.34. The number of allylic oxidation sites excluding steroid dienone is 2. The van der Waals surface area contributed by atoms with Gasteiger partial charge in [0.15, 0.2) is 0 Å². The van der Waals surface area contributed by atoms with Crippen molar-refractivity contribution in [3.63, 3.8) is 0 Å². The fourth-order valence-electron chi connectivity index (χ4n) is 4.63. The lowest BCUT2D eigenvalue weighted by Crippen LogP contribution is -2.30. The number of halogens is 1. The summed E-state index contributed by atoms with van der Waals surface area (Å²) in [4.78, 5) is 16.1. The van der Waals surface area contributed by atoms with Gasteiger partial charge in [-0.05, 0) is 66.0 Å². The van der Waals surface area contributed by atoms with Crippen LogP contribution in [-0.2, 0) is 28.7 Å². The Balaban J connectivity index is 2.00. The van der Waals surface area contributed by atoms with E-state index < -0.39 is 22.8 Å². The Morgan fingerprint density at radius 3 is 2.68 bits per heavy atom. The van der Waals surface area contributed by atoms with Gasteiger partial charge in [0, 0.05) is 17.4 Å². The van der Waals surface area contributed by atoms with Crippen LogP contribution in [0.5, 0.6) is 0 Å². The maximum absolute atomic E-state index is 13.9. The number of hydrogen-bond donors (Lipinski definition) is 1. The summed E-state index contributed by atoms with van der Waals surface area (Å²) in [5.74, 6) is -1.33. The molecule has 1 atom stereocenters. The highest BCUT2D eigenvalue weighted by Gasteiger charge is 2.32. The third kappa shape index (κ3) is 4.03. The van der Waals surface area contributed by atoms with Gasteiger partial charge in [0.05, 0.1) is 30.5 Å². The summed E-state index contributed by atoms with van der Waals surface area (Å²) < 4.78 is 28.2. The number of nitrogens with zero attached hydrogens (tertiary/aromatic N) is 2. The summed E-state index contributed by atoms with van der Waals surface area (Å²) in [5, 5.41) is 9.62. The van der Waals surface area contributed by atoms with Gasteiger partial charge in [-0.25, -0.2) is 8.60 Å². The Morgan fingerprint density at radius 1 is 1.32 bits per heavy atom. The largest absolute Gasteiger partial charge is 0.481 e. The van der Waals surface area contributed by atoms with Crippen LogP contribution in [0.25, 0.3) is 16.8 Å². The summed E-state index contributed by atoms with van der Waals surface area (Å²) in [6.07, 6.45) is 7.70. The van der Waals surface area contributed by atoms with Crippen molar-refractivity contribution in [1.29, 1.82) is 0 Å². The van der Waals surface area contributed by atoms with Crippen LogP contribution in [0.1, 0.15) is 55.4 Å². The fourth-order valence-corrected chi connectivity index (χ4v) is 5.45. The van der Waals surface area contributed by atoms with Crippen molar-refractivity contribution in [1.82, 2.24) is 4.98 Å². The quantitative estimate of drug-likeness (QED) is 0.721. The first-order valence-corrected chi connectivity index (χ1v) is 11.9. The second-order valence-corrected chi connectivity index (χ2v) is 10.5. The molecule has 1 N–H and O–H groups in total. The summed E-state index contributed by atoms with van der Waals surface area (Å²) in [5.41, 5.74) is 6.67. The first-order valence-electron chi connectivity index (χ1n) is 10.4. The van der Waals surface area contributed by atoms with Gasteiger partial charge in [-0.2, -0.15) is 0 Å². The highest BCUT2D eigenvalue weighted by molar-refractivity contribution is 7.85. The van der Waals surface area contributed by atoms with Crippen LogP contribution in [-0.4, -0.2) is 26.5 Å². The van der Waals surface area contributed by atoms with E-state index in [1.54, 1.807) is 10.6 Å². The minimum absolute atomic E-state index is 0.108. The van der Waals surface area contributed by atoms with Crippen molar-refractivity contribution in [2.45, 2.75) is 53.0 Å². The van der Waals surface area contributed by atoms with Crippen LogP contribution in [0.15, 0.2) is 24.4 Å². The van der Waals surface area contributed by atoms with E-state index in [1.165, 1.54) is 12.3 Å². The van der Waals surface area contributed by atoms with Crippen LogP contribution in [0.4, 0.5) is 10.1 Å². The normalized spacial score (nSPS) is 18.1. The predicted molar refractivity (Wildman–Crippen MR) is 122 cm³/mol. The van der Waals surface area contributed by atoms with E-state index in [0.717, 1.165) is 52.8 Å². The second-order valence-electron chi connectivity index (χ2n) is 9.21.